The van der Waals surface area contributed by atoms with Crippen LogP contribution in [0.15, 0.2) is 12.4 Å². The number of anilines is 1. The highest BCUT2D eigenvalue weighted by molar-refractivity contribution is 5.92. The molecule has 2 saturated heterocycles. The Kier molecular flexibility index (Phi) is 5.23. The number of piperazine rings is 1. The molecule has 2 amide bonds. The third-order valence-electron chi connectivity index (χ3n) is 4.81. The van der Waals surface area contributed by atoms with Gasteiger partial charge in [0.25, 0.3) is 5.91 Å². The van der Waals surface area contributed by atoms with Crippen LogP contribution in [-0.2, 0) is 9.57 Å². The Bertz CT molecular complexity index is 689. The van der Waals surface area contributed by atoms with Crippen LogP contribution in [0.1, 0.15) is 44.0 Å². The van der Waals surface area contributed by atoms with Crippen LogP contribution in [0.2, 0.25) is 0 Å². The van der Waals surface area contributed by atoms with Crippen molar-refractivity contribution < 1.29 is 19.2 Å². The summed E-state index contributed by atoms with van der Waals surface area (Å²) in [6, 6.07) is 0.172. The average molecular weight is 377 g/mol. The second kappa shape index (κ2) is 7.30. The number of fused-ring (bicyclic) bond motifs is 2. The van der Waals surface area contributed by atoms with Crippen LogP contribution in [0.4, 0.5) is 10.7 Å². The van der Waals surface area contributed by atoms with E-state index < -0.39 is 5.60 Å². The Morgan fingerprint density at radius 2 is 1.70 bits per heavy atom. The van der Waals surface area contributed by atoms with Crippen LogP contribution < -0.4 is 4.90 Å². The number of rotatable bonds is 3. The molecule has 0 aromatic carbocycles. The second-order valence-electron chi connectivity index (χ2n) is 7.93. The number of amides is 2. The summed E-state index contributed by atoms with van der Waals surface area (Å²) in [7, 11) is 2.96. The van der Waals surface area contributed by atoms with E-state index in [1.165, 1.54) is 26.6 Å². The lowest BCUT2D eigenvalue weighted by Gasteiger charge is -2.41. The normalized spacial score (nSPS) is 22.0. The lowest BCUT2D eigenvalue weighted by molar-refractivity contribution is -0.0757. The van der Waals surface area contributed by atoms with Gasteiger partial charge in [0.15, 0.2) is 0 Å². The largest absolute Gasteiger partial charge is 0.444 e. The maximum absolute atomic E-state index is 12.5. The summed E-state index contributed by atoms with van der Waals surface area (Å²) < 4.78 is 5.56. The minimum Gasteiger partial charge on any atom is -0.444 e. The molecule has 0 saturated carbocycles. The molecular formula is C18H27N5O4. The number of hydroxylamine groups is 2. The van der Waals surface area contributed by atoms with Gasteiger partial charge in [0.2, 0.25) is 5.95 Å². The van der Waals surface area contributed by atoms with Crippen molar-refractivity contribution in [3.8, 4) is 0 Å². The number of carbonyl (C=O) groups excluding carboxylic acids is 2. The lowest BCUT2D eigenvalue weighted by Crippen LogP contribution is -2.57. The summed E-state index contributed by atoms with van der Waals surface area (Å²) in [6.45, 7) is 6.93. The van der Waals surface area contributed by atoms with Gasteiger partial charge in [-0.05, 0) is 33.6 Å². The van der Waals surface area contributed by atoms with Crippen LogP contribution in [-0.4, -0.2) is 76.9 Å². The summed E-state index contributed by atoms with van der Waals surface area (Å²) >= 11 is 0. The van der Waals surface area contributed by atoms with Crippen LogP contribution >= 0.6 is 0 Å². The molecule has 9 nitrogen and oxygen atoms in total. The summed E-state index contributed by atoms with van der Waals surface area (Å²) in [5.74, 6) is 0.256. The van der Waals surface area contributed by atoms with Gasteiger partial charge >= 0.3 is 6.09 Å². The standard InChI is InChI=1S/C18H27N5O4/c1-18(2,3)27-17(25)23-13-6-7-14(23)11-22(10-13)16-19-8-12(9-20-16)15(24)21(4)26-5/h8-9,13-14H,6-7,10-11H2,1-5H3. The Morgan fingerprint density at radius 3 is 2.19 bits per heavy atom. The number of aromatic nitrogens is 2. The first-order valence-electron chi connectivity index (χ1n) is 9.10. The van der Waals surface area contributed by atoms with Gasteiger partial charge in [-0.1, -0.05) is 0 Å². The van der Waals surface area contributed by atoms with Crippen molar-refractivity contribution in [3.63, 3.8) is 0 Å². The number of nitrogens with zero attached hydrogens (tertiary/aromatic N) is 5. The van der Waals surface area contributed by atoms with Crippen molar-refractivity contribution >= 4 is 17.9 Å². The van der Waals surface area contributed by atoms with Crippen molar-refractivity contribution in [2.45, 2.75) is 51.3 Å². The zero-order valence-electron chi connectivity index (χ0n) is 16.5. The van der Waals surface area contributed by atoms with E-state index >= 15 is 0 Å². The maximum atomic E-state index is 12.5. The molecular weight excluding hydrogens is 350 g/mol. The first-order valence-corrected chi connectivity index (χ1v) is 9.10. The topological polar surface area (TPSA) is 88.1 Å². The minimum atomic E-state index is -0.505. The number of hydrogen-bond acceptors (Lipinski definition) is 7. The molecule has 2 bridgehead atoms. The van der Waals surface area contributed by atoms with E-state index in [0.717, 1.165) is 17.9 Å². The second-order valence-corrected chi connectivity index (χ2v) is 7.93. The van der Waals surface area contributed by atoms with Crippen molar-refractivity contribution in [2.24, 2.45) is 0 Å². The van der Waals surface area contributed by atoms with E-state index in [0.29, 0.717) is 24.6 Å². The summed E-state index contributed by atoms with van der Waals surface area (Å²) in [5, 5.41) is 1.12. The molecule has 1 aromatic heterocycles. The summed E-state index contributed by atoms with van der Waals surface area (Å²) in [4.78, 5) is 42.1. The van der Waals surface area contributed by atoms with E-state index in [1.54, 1.807) is 0 Å². The van der Waals surface area contributed by atoms with E-state index in [-0.39, 0.29) is 24.1 Å². The van der Waals surface area contributed by atoms with Crippen molar-refractivity contribution in [2.75, 3.05) is 32.1 Å². The van der Waals surface area contributed by atoms with Crippen LogP contribution in [0.3, 0.4) is 0 Å². The molecule has 27 heavy (non-hydrogen) atoms. The molecule has 0 radical (unpaired) electrons. The summed E-state index contributed by atoms with van der Waals surface area (Å²) in [6.07, 6.45) is 4.63. The fourth-order valence-corrected chi connectivity index (χ4v) is 3.54. The SMILES string of the molecule is CON(C)C(=O)c1cnc(N2CC3CCC(C2)N3C(=O)OC(C)(C)C)nc1. The van der Waals surface area contributed by atoms with Crippen LogP contribution in [0.25, 0.3) is 0 Å². The van der Waals surface area contributed by atoms with E-state index in [2.05, 4.69) is 14.9 Å². The van der Waals surface area contributed by atoms with Gasteiger partial charge < -0.3 is 9.64 Å². The maximum Gasteiger partial charge on any atom is 0.410 e. The third-order valence-corrected chi connectivity index (χ3v) is 4.81. The Balaban J connectivity index is 1.68. The van der Waals surface area contributed by atoms with Crippen LogP contribution in [0, 0.1) is 0 Å². The Morgan fingerprint density at radius 1 is 1.15 bits per heavy atom. The lowest BCUT2D eigenvalue weighted by atomic mass is 10.2. The fourth-order valence-electron chi connectivity index (χ4n) is 3.54. The molecule has 2 unspecified atom stereocenters. The molecule has 148 valence electrons. The molecule has 2 aliphatic rings. The van der Waals surface area contributed by atoms with Crippen molar-refractivity contribution in [3.05, 3.63) is 18.0 Å². The van der Waals surface area contributed by atoms with E-state index in [1.807, 2.05) is 25.7 Å². The quantitative estimate of drug-likeness (QED) is 0.741. The van der Waals surface area contributed by atoms with Crippen LogP contribution in [0.5, 0.6) is 0 Å². The van der Waals surface area contributed by atoms with Gasteiger partial charge in [-0.2, -0.15) is 0 Å². The van der Waals surface area contributed by atoms with Gasteiger partial charge in [-0.3, -0.25) is 14.5 Å². The Labute approximate surface area is 159 Å². The number of carbonyl (C=O) groups is 2. The van der Waals surface area contributed by atoms with Gasteiger partial charge in [-0.25, -0.2) is 19.8 Å². The van der Waals surface area contributed by atoms with Gasteiger partial charge in [0, 0.05) is 32.5 Å². The molecule has 3 rings (SSSR count). The predicted molar refractivity (Wildman–Crippen MR) is 98.2 cm³/mol. The van der Waals surface area contributed by atoms with Gasteiger partial charge in [0.05, 0.1) is 24.8 Å². The molecule has 3 heterocycles. The molecule has 2 atom stereocenters. The zero-order valence-corrected chi connectivity index (χ0v) is 16.5. The van der Waals surface area contributed by atoms with Gasteiger partial charge in [0.1, 0.15) is 5.60 Å². The predicted octanol–water partition coefficient (Wildman–Crippen LogP) is 1.70. The highest BCUT2D eigenvalue weighted by Gasteiger charge is 2.44. The fraction of sp³-hybridized carbons (Fsp3) is 0.667. The minimum absolute atomic E-state index is 0.0862. The Hall–Kier alpha value is -2.42. The van der Waals surface area contributed by atoms with Crippen molar-refractivity contribution in [1.82, 2.24) is 19.9 Å². The zero-order chi connectivity index (χ0) is 19.8. The first kappa shape index (κ1) is 19.3. The van der Waals surface area contributed by atoms with Crippen molar-refractivity contribution in [1.29, 1.82) is 0 Å². The first-order chi connectivity index (χ1) is 12.7. The molecule has 0 aliphatic carbocycles. The highest BCUT2D eigenvalue weighted by Crippen LogP contribution is 2.32. The molecule has 0 spiro atoms. The molecule has 1 aromatic rings. The summed E-state index contributed by atoms with van der Waals surface area (Å²) in [5.41, 5.74) is -0.146. The average Bonchev–Trinajstić information content (AvgIpc) is 2.89. The van der Waals surface area contributed by atoms with E-state index in [4.69, 9.17) is 9.57 Å². The monoisotopic (exact) mass is 377 g/mol. The highest BCUT2D eigenvalue weighted by atomic mass is 16.7. The third kappa shape index (κ3) is 4.13. The van der Waals surface area contributed by atoms with E-state index in [9.17, 15) is 9.59 Å². The molecule has 9 heteroatoms. The molecule has 0 N–H and O–H groups in total. The smallest absolute Gasteiger partial charge is 0.410 e. The number of ether oxygens (including phenoxy) is 1. The number of hydrogen-bond donors (Lipinski definition) is 0. The molecule has 2 aliphatic heterocycles. The molecule has 2 fully saturated rings. The van der Waals surface area contributed by atoms with Gasteiger partial charge in [-0.15, -0.1) is 0 Å².